The number of imidazole rings is 1. The van der Waals surface area contributed by atoms with Crippen molar-refractivity contribution in [3.8, 4) is 22.4 Å². The summed E-state index contributed by atoms with van der Waals surface area (Å²) in [5.74, 6) is 0. The first-order chi connectivity index (χ1) is 11.2. The number of hydrogen-bond donors (Lipinski definition) is 1. The molecule has 3 heteroatoms. The molecule has 23 heavy (non-hydrogen) atoms. The van der Waals surface area contributed by atoms with Gasteiger partial charge in [-0.2, -0.15) is 0 Å². The van der Waals surface area contributed by atoms with Crippen molar-refractivity contribution in [2.75, 3.05) is 5.73 Å². The fourth-order valence-corrected chi connectivity index (χ4v) is 2.90. The number of nitrogens with zero attached hydrogens (tertiary/aromatic N) is 2. The Labute approximate surface area is 135 Å². The van der Waals surface area contributed by atoms with Crippen molar-refractivity contribution in [3.63, 3.8) is 0 Å². The van der Waals surface area contributed by atoms with Gasteiger partial charge in [0, 0.05) is 17.4 Å². The van der Waals surface area contributed by atoms with E-state index in [1.807, 2.05) is 30.5 Å². The SMILES string of the molecule is Cc1cccc(-c2ccn3c(-c4cccc(N)c4)cnc3c2)c1. The van der Waals surface area contributed by atoms with E-state index in [2.05, 4.69) is 58.9 Å². The molecule has 4 rings (SSSR count). The van der Waals surface area contributed by atoms with Gasteiger partial charge >= 0.3 is 0 Å². The van der Waals surface area contributed by atoms with Gasteiger partial charge in [-0.1, -0.05) is 42.0 Å². The fourth-order valence-electron chi connectivity index (χ4n) is 2.90. The molecule has 0 atom stereocenters. The molecule has 0 saturated heterocycles. The monoisotopic (exact) mass is 299 g/mol. The summed E-state index contributed by atoms with van der Waals surface area (Å²) in [6.45, 7) is 2.11. The molecule has 4 aromatic rings. The third kappa shape index (κ3) is 2.46. The van der Waals surface area contributed by atoms with Crippen LogP contribution in [0.2, 0.25) is 0 Å². The standard InChI is InChI=1S/C20H17N3/c1-14-4-2-5-15(10-14)16-8-9-23-19(13-22-20(23)12-16)17-6-3-7-18(21)11-17/h2-13H,21H2,1H3. The third-order valence-electron chi connectivity index (χ3n) is 4.05. The van der Waals surface area contributed by atoms with Gasteiger partial charge in [-0.15, -0.1) is 0 Å². The number of aromatic nitrogens is 2. The smallest absolute Gasteiger partial charge is 0.137 e. The predicted octanol–water partition coefficient (Wildman–Crippen LogP) is 4.56. The van der Waals surface area contributed by atoms with Gasteiger partial charge in [0.15, 0.2) is 0 Å². The second-order valence-corrected chi connectivity index (χ2v) is 5.78. The van der Waals surface area contributed by atoms with Crippen molar-refractivity contribution in [3.05, 3.63) is 78.6 Å². The molecular formula is C20H17N3. The zero-order chi connectivity index (χ0) is 15.8. The van der Waals surface area contributed by atoms with Crippen molar-refractivity contribution >= 4 is 11.3 Å². The maximum Gasteiger partial charge on any atom is 0.137 e. The predicted molar refractivity (Wildman–Crippen MR) is 95.2 cm³/mol. The van der Waals surface area contributed by atoms with Crippen LogP contribution in [0.5, 0.6) is 0 Å². The first kappa shape index (κ1) is 13.6. The van der Waals surface area contributed by atoms with Crippen LogP contribution in [0.1, 0.15) is 5.56 Å². The van der Waals surface area contributed by atoms with Gasteiger partial charge in [0.1, 0.15) is 5.65 Å². The Morgan fingerprint density at radius 3 is 2.48 bits per heavy atom. The average molecular weight is 299 g/mol. The quantitative estimate of drug-likeness (QED) is 0.551. The van der Waals surface area contributed by atoms with E-state index >= 15 is 0 Å². The second-order valence-electron chi connectivity index (χ2n) is 5.78. The number of rotatable bonds is 2. The van der Waals surface area contributed by atoms with Crippen molar-refractivity contribution in [2.24, 2.45) is 0 Å². The Balaban J connectivity index is 1.83. The summed E-state index contributed by atoms with van der Waals surface area (Å²) < 4.78 is 2.09. The van der Waals surface area contributed by atoms with Crippen LogP contribution in [0.25, 0.3) is 28.0 Å². The molecule has 2 aromatic heterocycles. The zero-order valence-electron chi connectivity index (χ0n) is 12.9. The molecule has 0 aliphatic heterocycles. The van der Waals surface area contributed by atoms with Crippen molar-refractivity contribution in [1.82, 2.24) is 9.38 Å². The van der Waals surface area contributed by atoms with Crippen molar-refractivity contribution in [1.29, 1.82) is 0 Å². The van der Waals surface area contributed by atoms with E-state index in [0.717, 1.165) is 22.6 Å². The van der Waals surface area contributed by atoms with Crippen LogP contribution in [0.15, 0.2) is 73.1 Å². The highest BCUT2D eigenvalue weighted by molar-refractivity contribution is 5.72. The lowest BCUT2D eigenvalue weighted by atomic mass is 10.0. The molecule has 112 valence electrons. The van der Waals surface area contributed by atoms with Crippen molar-refractivity contribution < 1.29 is 0 Å². The number of benzene rings is 2. The molecule has 0 aliphatic rings. The molecule has 0 spiro atoms. The van der Waals surface area contributed by atoms with Gasteiger partial charge in [-0.25, -0.2) is 4.98 Å². The molecule has 0 aliphatic carbocycles. The Morgan fingerprint density at radius 1 is 0.870 bits per heavy atom. The number of aryl methyl sites for hydroxylation is 1. The largest absolute Gasteiger partial charge is 0.399 e. The van der Waals surface area contributed by atoms with Crippen LogP contribution < -0.4 is 5.73 Å². The van der Waals surface area contributed by atoms with Gasteiger partial charge in [-0.3, -0.25) is 4.40 Å². The Morgan fingerprint density at radius 2 is 1.65 bits per heavy atom. The summed E-state index contributed by atoms with van der Waals surface area (Å²) >= 11 is 0. The number of fused-ring (bicyclic) bond motifs is 1. The fraction of sp³-hybridized carbons (Fsp3) is 0.0500. The minimum atomic E-state index is 0.758. The van der Waals surface area contributed by atoms with Crippen LogP contribution in [0, 0.1) is 6.92 Å². The third-order valence-corrected chi connectivity index (χ3v) is 4.05. The van der Waals surface area contributed by atoms with Crippen LogP contribution in [-0.2, 0) is 0 Å². The molecule has 3 nitrogen and oxygen atoms in total. The zero-order valence-corrected chi connectivity index (χ0v) is 12.9. The first-order valence-electron chi connectivity index (χ1n) is 7.61. The van der Waals surface area contributed by atoms with Crippen molar-refractivity contribution in [2.45, 2.75) is 6.92 Å². The van der Waals surface area contributed by atoms with E-state index in [0.29, 0.717) is 0 Å². The molecule has 0 fully saturated rings. The number of anilines is 1. The molecule has 0 bridgehead atoms. The average Bonchev–Trinajstić information content (AvgIpc) is 2.98. The lowest BCUT2D eigenvalue weighted by Crippen LogP contribution is -1.90. The summed E-state index contributed by atoms with van der Waals surface area (Å²) in [5.41, 5.74) is 13.3. The molecular weight excluding hydrogens is 282 g/mol. The highest BCUT2D eigenvalue weighted by Crippen LogP contribution is 2.26. The maximum atomic E-state index is 5.89. The van der Waals surface area contributed by atoms with E-state index < -0.39 is 0 Å². The van der Waals surface area contributed by atoms with Gasteiger partial charge in [0.05, 0.1) is 11.9 Å². The van der Waals surface area contributed by atoms with Crippen LogP contribution in [0.4, 0.5) is 5.69 Å². The topological polar surface area (TPSA) is 43.3 Å². The van der Waals surface area contributed by atoms with Gasteiger partial charge in [0.2, 0.25) is 0 Å². The van der Waals surface area contributed by atoms with Gasteiger partial charge in [-0.05, 0) is 42.3 Å². The number of hydrogen-bond acceptors (Lipinski definition) is 2. The minimum absolute atomic E-state index is 0.758. The highest BCUT2D eigenvalue weighted by atomic mass is 15.0. The number of nitrogens with two attached hydrogens (primary N) is 1. The molecule has 0 amide bonds. The number of nitrogen functional groups attached to an aromatic ring is 1. The molecule has 0 saturated carbocycles. The van der Waals surface area contributed by atoms with E-state index in [4.69, 9.17) is 5.73 Å². The van der Waals surface area contributed by atoms with Crippen LogP contribution in [-0.4, -0.2) is 9.38 Å². The molecule has 0 unspecified atom stereocenters. The molecule has 2 N–H and O–H groups in total. The van der Waals surface area contributed by atoms with E-state index in [9.17, 15) is 0 Å². The summed E-state index contributed by atoms with van der Waals surface area (Å²) in [6, 6.07) is 20.6. The van der Waals surface area contributed by atoms with E-state index in [-0.39, 0.29) is 0 Å². The van der Waals surface area contributed by atoms with Crippen LogP contribution in [0.3, 0.4) is 0 Å². The lowest BCUT2D eigenvalue weighted by Gasteiger charge is -2.06. The first-order valence-corrected chi connectivity index (χ1v) is 7.61. The highest BCUT2D eigenvalue weighted by Gasteiger charge is 2.07. The summed E-state index contributed by atoms with van der Waals surface area (Å²) in [5, 5.41) is 0. The Hall–Kier alpha value is -3.07. The van der Waals surface area contributed by atoms with E-state index in [1.165, 1.54) is 16.7 Å². The lowest BCUT2D eigenvalue weighted by molar-refractivity contribution is 1.19. The maximum absolute atomic E-state index is 5.89. The molecule has 2 aromatic carbocycles. The normalized spacial score (nSPS) is 11.0. The van der Waals surface area contributed by atoms with Crippen LogP contribution >= 0.6 is 0 Å². The van der Waals surface area contributed by atoms with Gasteiger partial charge in [0.25, 0.3) is 0 Å². The molecule has 0 radical (unpaired) electrons. The Kier molecular flexibility index (Phi) is 3.12. The Bertz CT molecular complexity index is 999. The van der Waals surface area contributed by atoms with Gasteiger partial charge < -0.3 is 5.73 Å². The van der Waals surface area contributed by atoms with E-state index in [1.54, 1.807) is 0 Å². The summed E-state index contributed by atoms with van der Waals surface area (Å²) in [7, 11) is 0. The summed E-state index contributed by atoms with van der Waals surface area (Å²) in [6.07, 6.45) is 3.96. The minimum Gasteiger partial charge on any atom is -0.399 e. The summed E-state index contributed by atoms with van der Waals surface area (Å²) in [4.78, 5) is 4.56. The number of pyridine rings is 1. The molecule has 2 heterocycles. The second kappa shape index (κ2) is 5.29.